The highest BCUT2D eigenvalue weighted by molar-refractivity contribution is 6.09. The van der Waals surface area contributed by atoms with Crippen LogP contribution in [0.5, 0.6) is 11.5 Å². The summed E-state index contributed by atoms with van der Waals surface area (Å²) < 4.78 is 24.2. The molecule has 8 heteroatoms. The molecular weight excluding hydrogens is 437 g/mol. The maximum absolute atomic E-state index is 13.0. The lowest BCUT2D eigenvalue weighted by atomic mass is 10.1. The Morgan fingerprint density at radius 1 is 0.941 bits per heavy atom. The van der Waals surface area contributed by atoms with Crippen LogP contribution in [0.1, 0.15) is 12.5 Å². The minimum atomic E-state index is -0.538. The van der Waals surface area contributed by atoms with E-state index < -0.39 is 17.6 Å². The lowest BCUT2D eigenvalue weighted by molar-refractivity contribution is -0.118. The number of nitrogens with zero attached hydrogens (tertiary/aromatic N) is 1. The topological polar surface area (TPSA) is 100 Å². The van der Waals surface area contributed by atoms with Gasteiger partial charge in [0.1, 0.15) is 17.5 Å². The molecule has 2 N–H and O–H groups in total. The highest BCUT2D eigenvalue weighted by atomic mass is 19.1. The van der Waals surface area contributed by atoms with Crippen LogP contribution in [0.4, 0.5) is 15.8 Å². The van der Waals surface area contributed by atoms with Crippen LogP contribution in [0.15, 0.2) is 78.4 Å². The number of benzene rings is 3. The summed E-state index contributed by atoms with van der Waals surface area (Å²) in [6.45, 7) is 1.84. The number of anilines is 2. The van der Waals surface area contributed by atoms with Gasteiger partial charge in [0.2, 0.25) is 0 Å². The largest absolute Gasteiger partial charge is 0.490 e. The van der Waals surface area contributed by atoms with Crippen molar-refractivity contribution in [2.24, 2.45) is 0 Å². The predicted molar refractivity (Wildman–Crippen MR) is 127 cm³/mol. The number of carbonyl (C=O) groups is 2. The first kappa shape index (κ1) is 24.0. The van der Waals surface area contributed by atoms with E-state index in [1.165, 1.54) is 30.3 Å². The molecule has 0 aliphatic heterocycles. The lowest BCUT2D eigenvalue weighted by Gasteiger charge is -2.13. The minimum absolute atomic E-state index is 0.0846. The first-order chi connectivity index (χ1) is 16.5. The molecule has 0 radical (unpaired) electrons. The van der Waals surface area contributed by atoms with Crippen molar-refractivity contribution in [3.8, 4) is 17.6 Å². The quantitative estimate of drug-likeness (QED) is 0.354. The maximum Gasteiger partial charge on any atom is 0.266 e. The average molecular weight is 459 g/mol. The van der Waals surface area contributed by atoms with Gasteiger partial charge in [0, 0.05) is 11.4 Å². The van der Waals surface area contributed by atoms with Crippen molar-refractivity contribution in [3.05, 3.63) is 89.8 Å². The minimum Gasteiger partial charge on any atom is -0.490 e. The molecule has 0 atom stereocenters. The molecule has 0 aliphatic rings. The first-order valence-corrected chi connectivity index (χ1v) is 10.4. The molecule has 3 aromatic carbocycles. The molecule has 0 bridgehead atoms. The van der Waals surface area contributed by atoms with Gasteiger partial charge in [-0.3, -0.25) is 9.59 Å². The van der Waals surface area contributed by atoms with Crippen LogP contribution in [0.25, 0.3) is 6.08 Å². The fourth-order valence-electron chi connectivity index (χ4n) is 2.91. The third kappa shape index (κ3) is 6.93. The molecule has 172 valence electrons. The van der Waals surface area contributed by atoms with Crippen LogP contribution in [-0.4, -0.2) is 25.0 Å². The third-order valence-electron chi connectivity index (χ3n) is 4.46. The average Bonchev–Trinajstić information content (AvgIpc) is 2.84. The van der Waals surface area contributed by atoms with Crippen molar-refractivity contribution < 1.29 is 23.5 Å². The van der Waals surface area contributed by atoms with Crippen LogP contribution >= 0.6 is 0 Å². The van der Waals surface area contributed by atoms with Gasteiger partial charge < -0.3 is 20.1 Å². The normalized spacial score (nSPS) is 10.7. The molecule has 34 heavy (non-hydrogen) atoms. The summed E-state index contributed by atoms with van der Waals surface area (Å²) in [5, 5.41) is 14.7. The molecule has 0 saturated carbocycles. The van der Waals surface area contributed by atoms with E-state index in [4.69, 9.17) is 9.47 Å². The van der Waals surface area contributed by atoms with Gasteiger partial charge in [-0.1, -0.05) is 24.3 Å². The van der Waals surface area contributed by atoms with Gasteiger partial charge in [-0.15, -0.1) is 0 Å². The summed E-state index contributed by atoms with van der Waals surface area (Å²) in [6, 6.07) is 20.9. The van der Waals surface area contributed by atoms with Crippen molar-refractivity contribution in [1.29, 1.82) is 5.26 Å². The van der Waals surface area contributed by atoms with Crippen molar-refractivity contribution >= 4 is 29.3 Å². The van der Waals surface area contributed by atoms with Gasteiger partial charge in [-0.25, -0.2) is 4.39 Å². The molecule has 3 rings (SSSR count). The molecule has 0 aliphatic carbocycles. The molecular formula is C26H22FN3O4. The number of amides is 2. The zero-order valence-corrected chi connectivity index (χ0v) is 18.4. The Bertz CT molecular complexity index is 1220. The Balaban J connectivity index is 1.69. The fraction of sp³-hybridized carbons (Fsp3) is 0.115. The van der Waals surface area contributed by atoms with E-state index in [-0.39, 0.29) is 12.2 Å². The number of carbonyl (C=O) groups excluding carboxylic acids is 2. The van der Waals surface area contributed by atoms with Crippen molar-refractivity contribution in [2.45, 2.75) is 6.92 Å². The monoisotopic (exact) mass is 459 g/mol. The van der Waals surface area contributed by atoms with E-state index in [0.29, 0.717) is 35.0 Å². The number of nitriles is 1. The van der Waals surface area contributed by atoms with Crippen molar-refractivity contribution in [1.82, 2.24) is 0 Å². The highest BCUT2D eigenvalue weighted by Gasteiger charge is 2.12. The van der Waals surface area contributed by atoms with Crippen LogP contribution in [0.3, 0.4) is 0 Å². The van der Waals surface area contributed by atoms with Crippen molar-refractivity contribution in [3.63, 3.8) is 0 Å². The van der Waals surface area contributed by atoms with Crippen LogP contribution in [0.2, 0.25) is 0 Å². The number of hydrogen-bond donors (Lipinski definition) is 2. The molecule has 3 aromatic rings. The van der Waals surface area contributed by atoms with Crippen molar-refractivity contribution in [2.75, 3.05) is 23.8 Å². The highest BCUT2D eigenvalue weighted by Crippen LogP contribution is 2.29. The van der Waals surface area contributed by atoms with Gasteiger partial charge in [0.05, 0.1) is 6.61 Å². The zero-order chi connectivity index (χ0) is 24.3. The Hall–Kier alpha value is -4.64. The smallest absolute Gasteiger partial charge is 0.266 e. The fourth-order valence-corrected chi connectivity index (χ4v) is 2.91. The molecule has 0 unspecified atom stereocenters. The van der Waals surface area contributed by atoms with Crippen LogP contribution < -0.4 is 20.1 Å². The standard InChI is InChI=1S/C26H22FN3O4/c1-2-33-24-15-18(14-19(16-28)26(32)30-21-6-4-3-5-7-21)8-13-23(24)34-17-25(31)29-22-11-9-20(27)10-12-22/h3-15H,2,17H2,1H3,(H,29,31)(H,30,32)/b19-14+. The number of rotatable bonds is 9. The first-order valence-electron chi connectivity index (χ1n) is 10.4. The van der Waals surface area contributed by atoms with Gasteiger partial charge in [0.15, 0.2) is 18.1 Å². The molecule has 0 heterocycles. The second-order valence-corrected chi connectivity index (χ2v) is 6.97. The Labute approximate surface area is 196 Å². The summed E-state index contributed by atoms with van der Waals surface area (Å²) in [5.74, 6) is -0.694. The van der Waals surface area contributed by atoms with E-state index in [2.05, 4.69) is 10.6 Å². The molecule has 0 saturated heterocycles. The SMILES string of the molecule is CCOc1cc(/C=C(\C#N)C(=O)Nc2ccccc2)ccc1OCC(=O)Nc1ccc(F)cc1. The molecule has 7 nitrogen and oxygen atoms in total. The third-order valence-corrected chi connectivity index (χ3v) is 4.46. The van der Waals surface area contributed by atoms with Gasteiger partial charge in [0.25, 0.3) is 11.8 Å². The second-order valence-electron chi connectivity index (χ2n) is 6.97. The maximum atomic E-state index is 13.0. The zero-order valence-electron chi connectivity index (χ0n) is 18.4. The van der Waals surface area contributed by atoms with Gasteiger partial charge >= 0.3 is 0 Å². The second kappa shape index (κ2) is 11.8. The number of halogens is 1. The Kier molecular flexibility index (Phi) is 8.36. The van der Waals surface area contributed by atoms with Gasteiger partial charge in [-0.05, 0) is 67.1 Å². The number of para-hydroxylation sites is 1. The number of nitrogens with one attached hydrogen (secondary N) is 2. The summed E-state index contributed by atoms with van der Waals surface area (Å²) in [4.78, 5) is 24.6. The molecule has 0 aromatic heterocycles. The number of ether oxygens (including phenoxy) is 2. The Morgan fingerprint density at radius 2 is 1.65 bits per heavy atom. The summed E-state index contributed by atoms with van der Waals surface area (Å²) in [7, 11) is 0. The van der Waals surface area contributed by atoms with E-state index >= 15 is 0 Å². The number of hydrogen-bond acceptors (Lipinski definition) is 5. The summed E-state index contributed by atoms with van der Waals surface area (Å²) in [6.07, 6.45) is 1.44. The molecule has 0 fully saturated rings. The summed E-state index contributed by atoms with van der Waals surface area (Å²) >= 11 is 0. The predicted octanol–water partition coefficient (Wildman–Crippen LogP) is 4.79. The van der Waals surface area contributed by atoms with E-state index in [9.17, 15) is 19.2 Å². The molecule has 2 amide bonds. The summed E-state index contributed by atoms with van der Waals surface area (Å²) in [5.41, 5.74) is 1.48. The Morgan fingerprint density at radius 3 is 2.32 bits per heavy atom. The van der Waals surface area contributed by atoms with E-state index in [1.54, 1.807) is 49.4 Å². The van der Waals surface area contributed by atoms with Crippen LogP contribution in [0, 0.1) is 17.1 Å². The molecule has 0 spiro atoms. The van der Waals surface area contributed by atoms with Gasteiger partial charge in [-0.2, -0.15) is 5.26 Å². The van der Waals surface area contributed by atoms with E-state index in [1.807, 2.05) is 12.1 Å². The van der Waals surface area contributed by atoms with E-state index in [0.717, 1.165) is 0 Å². The van der Waals surface area contributed by atoms with Crippen LogP contribution in [-0.2, 0) is 9.59 Å². The lowest BCUT2D eigenvalue weighted by Crippen LogP contribution is -2.20.